The van der Waals surface area contributed by atoms with Gasteiger partial charge in [-0.2, -0.15) is 0 Å². The Hall–Kier alpha value is -0.360. The fourth-order valence-corrected chi connectivity index (χ4v) is 3.78. The Balaban J connectivity index is 2.17. The third kappa shape index (κ3) is 3.81. The molecule has 1 heterocycles. The lowest BCUT2D eigenvalue weighted by molar-refractivity contribution is 0.199. The maximum atomic E-state index is 9.58. The molecule has 0 aliphatic carbocycles. The first kappa shape index (κ1) is 15.0. The molecule has 1 atom stereocenters. The van der Waals surface area contributed by atoms with Crippen LogP contribution in [0.4, 0.5) is 5.69 Å². The van der Waals surface area contributed by atoms with Gasteiger partial charge in [0.1, 0.15) is 0 Å². The number of aliphatic hydroxyl groups excluding tert-OH is 1. The van der Waals surface area contributed by atoms with E-state index in [4.69, 9.17) is 0 Å². The molecule has 2 aromatic rings. The van der Waals surface area contributed by atoms with Crippen LogP contribution >= 0.6 is 43.2 Å². The monoisotopic (exact) mass is 403 g/mol. The van der Waals surface area contributed by atoms with Crippen LogP contribution in [0.1, 0.15) is 24.2 Å². The Morgan fingerprint density at radius 1 is 1.32 bits per heavy atom. The molecule has 2 nitrogen and oxygen atoms in total. The molecule has 0 saturated heterocycles. The van der Waals surface area contributed by atoms with Gasteiger partial charge in [0.2, 0.25) is 0 Å². The highest BCUT2D eigenvalue weighted by Crippen LogP contribution is 2.30. The Morgan fingerprint density at radius 2 is 2.05 bits per heavy atom. The molecule has 0 aliphatic heterocycles. The number of hydrogen-bond donors (Lipinski definition) is 1. The van der Waals surface area contributed by atoms with Gasteiger partial charge in [0.25, 0.3) is 0 Å². The van der Waals surface area contributed by atoms with Crippen LogP contribution in [0.5, 0.6) is 0 Å². The lowest BCUT2D eigenvalue weighted by Crippen LogP contribution is -2.16. The van der Waals surface area contributed by atoms with Crippen molar-refractivity contribution < 1.29 is 5.11 Å². The van der Waals surface area contributed by atoms with Crippen molar-refractivity contribution in [3.8, 4) is 0 Å². The summed E-state index contributed by atoms with van der Waals surface area (Å²) in [4.78, 5) is 2.18. The van der Waals surface area contributed by atoms with E-state index in [1.54, 1.807) is 18.3 Å². The molecule has 102 valence electrons. The van der Waals surface area contributed by atoms with Gasteiger partial charge in [0.15, 0.2) is 0 Å². The number of benzene rings is 1. The lowest BCUT2D eigenvalue weighted by Gasteiger charge is -2.21. The van der Waals surface area contributed by atoms with Gasteiger partial charge in [-0.25, -0.2) is 0 Å². The summed E-state index contributed by atoms with van der Waals surface area (Å²) in [6.45, 7) is 2.63. The van der Waals surface area contributed by atoms with Gasteiger partial charge >= 0.3 is 0 Å². The predicted molar refractivity (Wildman–Crippen MR) is 88.9 cm³/mol. The third-order valence-electron chi connectivity index (χ3n) is 2.91. The quantitative estimate of drug-likeness (QED) is 0.777. The van der Waals surface area contributed by atoms with Crippen molar-refractivity contribution >= 4 is 48.9 Å². The largest absolute Gasteiger partial charge is 0.389 e. The Kier molecular flexibility index (Phi) is 5.06. The van der Waals surface area contributed by atoms with Gasteiger partial charge < -0.3 is 10.0 Å². The average molecular weight is 405 g/mol. The minimum atomic E-state index is -0.441. The van der Waals surface area contributed by atoms with Crippen LogP contribution in [0.25, 0.3) is 0 Å². The highest BCUT2D eigenvalue weighted by atomic mass is 79.9. The summed E-state index contributed by atoms with van der Waals surface area (Å²) in [5, 5.41) is 11.7. The second kappa shape index (κ2) is 6.39. The fourth-order valence-electron chi connectivity index (χ4n) is 1.88. The SMILES string of the molecule is C[C@@H](O)c1ccc(N(C)Cc2csc(Br)c2)c(Br)c1. The molecular formula is C14H15Br2NOS. The van der Waals surface area contributed by atoms with Crippen molar-refractivity contribution in [2.24, 2.45) is 0 Å². The molecule has 0 fully saturated rings. The molecule has 1 N–H and O–H groups in total. The number of hydrogen-bond acceptors (Lipinski definition) is 3. The Labute approximate surface area is 134 Å². The van der Waals surface area contributed by atoms with Crippen molar-refractivity contribution in [2.45, 2.75) is 19.6 Å². The van der Waals surface area contributed by atoms with E-state index in [1.807, 2.05) is 18.2 Å². The van der Waals surface area contributed by atoms with Crippen LogP contribution in [-0.4, -0.2) is 12.2 Å². The van der Waals surface area contributed by atoms with E-state index in [1.165, 1.54) is 5.56 Å². The molecule has 2 rings (SSSR count). The van der Waals surface area contributed by atoms with Crippen LogP contribution in [-0.2, 0) is 6.54 Å². The average Bonchev–Trinajstić information content (AvgIpc) is 2.74. The maximum Gasteiger partial charge on any atom is 0.0762 e. The van der Waals surface area contributed by atoms with Crippen LogP contribution < -0.4 is 4.90 Å². The first-order valence-corrected chi connectivity index (χ1v) is 8.35. The summed E-state index contributed by atoms with van der Waals surface area (Å²) in [5.41, 5.74) is 3.32. The zero-order valence-electron chi connectivity index (χ0n) is 10.7. The summed E-state index contributed by atoms with van der Waals surface area (Å²) < 4.78 is 2.15. The van der Waals surface area contributed by atoms with Gasteiger partial charge in [-0.3, -0.25) is 0 Å². The van der Waals surface area contributed by atoms with E-state index in [9.17, 15) is 5.11 Å². The molecule has 0 spiro atoms. The first-order valence-electron chi connectivity index (χ1n) is 5.89. The minimum Gasteiger partial charge on any atom is -0.389 e. The molecule has 1 aromatic heterocycles. The van der Waals surface area contributed by atoms with E-state index in [2.05, 4.69) is 55.3 Å². The highest BCUT2D eigenvalue weighted by molar-refractivity contribution is 9.11. The van der Waals surface area contributed by atoms with Crippen molar-refractivity contribution in [1.29, 1.82) is 0 Å². The van der Waals surface area contributed by atoms with Crippen molar-refractivity contribution in [2.75, 3.05) is 11.9 Å². The van der Waals surface area contributed by atoms with Gasteiger partial charge in [-0.05, 0) is 73.5 Å². The zero-order valence-corrected chi connectivity index (χ0v) is 14.7. The van der Waals surface area contributed by atoms with Crippen LogP contribution in [0.3, 0.4) is 0 Å². The van der Waals surface area contributed by atoms with E-state index in [0.29, 0.717) is 0 Å². The topological polar surface area (TPSA) is 23.5 Å². The van der Waals surface area contributed by atoms with Crippen molar-refractivity contribution in [3.63, 3.8) is 0 Å². The minimum absolute atomic E-state index is 0.441. The summed E-state index contributed by atoms with van der Waals surface area (Å²) >= 11 is 8.75. The van der Waals surface area contributed by atoms with E-state index >= 15 is 0 Å². The molecule has 0 saturated carbocycles. The number of thiophene rings is 1. The number of halogens is 2. The molecule has 0 radical (unpaired) electrons. The van der Waals surface area contributed by atoms with Crippen LogP contribution in [0, 0.1) is 0 Å². The Morgan fingerprint density at radius 3 is 2.58 bits per heavy atom. The summed E-state index contributed by atoms with van der Waals surface area (Å²) in [5.74, 6) is 0. The predicted octanol–water partition coefficient (Wildman–Crippen LogP) is 4.96. The van der Waals surface area contributed by atoms with Crippen LogP contribution in [0.2, 0.25) is 0 Å². The highest BCUT2D eigenvalue weighted by Gasteiger charge is 2.10. The second-order valence-electron chi connectivity index (χ2n) is 4.50. The molecule has 5 heteroatoms. The summed E-state index contributed by atoms with van der Waals surface area (Å²) in [6.07, 6.45) is -0.441. The number of rotatable bonds is 4. The van der Waals surface area contributed by atoms with Gasteiger partial charge in [-0.1, -0.05) is 6.07 Å². The zero-order chi connectivity index (χ0) is 14.0. The molecule has 0 amide bonds. The second-order valence-corrected chi connectivity index (χ2v) is 7.65. The van der Waals surface area contributed by atoms with Gasteiger partial charge in [-0.15, -0.1) is 11.3 Å². The smallest absolute Gasteiger partial charge is 0.0762 e. The van der Waals surface area contributed by atoms with E-state index < -0.39 is 6.10 Å². The standard InChI is InChI=1S/C14H15Br2NOS/c1-9(18)11-3-4-13(12(15)6-11)17(2)7-10-5-14(16)19-8-10/h3-6,8-9,18H,7H2,1-2H3/t9-/m1/s1. The molecular weight excluding hydrogens is 390 g/mol. The fraction of sp³-hybridized carbons (Fsp3) is 0.286. The lowest BCUT2D eigenvalue weighted by atomic mass is 10.1. The van der Waals surface area contributed by atoms with Gasteiger partial charge in [0.05, 0.1) is 15.6 Å². The van der Waals surface area contributed by atoms with E-state index in [0.717, 1.165) is 26.1 Å². The van der Waals surface area contributed by atoms with E-state index in [-0.39, 0.29) is 0 Å². The molecule has 0 unspecified atom stereocenters. The van der Waals surface area contributed by atoms with Crippen molar-refractivity contribution in [1.82, 2.24) is 0 Å². The van der Waals surface area contributed by atoms with Crippen molar-refractivity contribution in [3.05, 3.63) is 49.0 Å². The summed E-state index contributed by atoms with van der Waals surface area (Å²) in [6, 6.07) is 8.11. The van der Waals surface area contributed by atoms with Gasteiger partial charge in [0, 0.05) is 18.1 Å². The molecule has 0 bridgehead atoms. The first-order chi connectivity index (χ1) is 8.97. The molecule has 1 aromatic carbocycles. The molecule has 0 aliphatic rings. The number of nitrogens with zero attached hydrogens (tertiary/aromatic N) is 1. The van der Waals surface area contributed by atoms with Crippen LogP contribution in [0.15, 0.2) is 37.9 Å². The molecule has 19 heavy (non-hydrogen) atoms. The number of anilines is 1. The maximum absolute atomic E-state index is 9.58. The summed E-state index contributed by atoms with van der Waals surface area (Å²) in [7, 11) is 2.06. The third-order valence-corrected chi connectivity index (χ3v) is 5.10. The number of aliphatic hydroxyl groups is 1. The Bertz CT molecular complexity index is 568. The normalized spacial score (nSPS) is 12.5.